The second-order valence-corrected chi connectivity index (χ2v) is 10.4. The average molecular weight is 521 g/mol. The molecule has 0 bridgehead atoms. The van der Waals surface area contributed by atoms with E-state index in [4.69, 9.17) is 20.9 Å². The van der Waals surface area contributed by atoms with Crippen LogP contribution in [0.2, 0.25) is 0 Å². The van der Waals surface area contributed by atoms with Gasteiger partial charge in [-0.05, 0) is 63.6 Å². The lowest BCUT2D eigenvalue weighted by molar-refractivity contribution is 0.150. The van der Waals surface area contributed by atoms with Crippen LogP contribution in [0.1, 0.15) is 55.8 Å². The fraction of sp³-hybridized carbons (Fsp3) is 0.242. The molecule has 0 amide bonds. The van der Waals surface area contributed by atoms with Gasteiger partial charge in [-0.15, -0.1) is 0 Å². The summed E-state index contributed by atoms with van der Waals surface area (Å²) >= 11 is 0. The van der Waals surface area contributed by atoms with Gasteiger partial charge in [0.15, 0.2) is 0 Å². The largest absolute Gasteiger partial charge is 0.499 e. The van der Waals surface area contributed by atoms with Crippen LogP contribution in [0.3, 0.4) is 0 Å². The number of allylic oxidation sites excluding steroid dienone is 2. The zero-order valence-electron chi connectivity index (χ0n) is 22.7. The van der Waals surface area contributed by atoms with Crippen molar-refractivity contribution >= 4 is 5.57 Å². The Morgan fingerprint density at radius 2 is 1.85 bits per heavy atom. The molecule has 1 aliphatic carbocycles. The third-order valence-corrected chi connectivity index (χ3v) is 7.66. The summed E-state index contributed by atoms with van der Waals surface area (Å²) in [6, 6.07) is 17.5. The van der Waals surface area contributed by atoms with E-state index in [0.29, 0.717) is 6.61 Å². The van der Waals surface area contributed by atoms with Crippen molar-refractivity contribution in [3.05, 3.63) is 120 Å². The number of ether oxygens (including phenoxy) is 2. The molecule has 0 fully saturated rings. The van der Waals surface area contributed by atoms with E-state index >= 15 is 0 Å². The lowest BCUT2D eigenvalue weighted by Gasteiger charge is -2.23. The minimum absolute atomic E-state index is 0.158. The van der Waals surface area contributed by atoms with Crippen LogP contribution in [0.25, 0.3) is 27.8 Å². The van der Waals surface area contributed by atoms with Crippen LogP contribution in [0, 0.1) is 5.92 Å². The number of pyridine rings is 1. The lowest BCUT2D eigenvalue weighted by atomic mass is 9.81. The molecule has 200 valence electrons. The molecule has 0 saturated heterocycles. The molecule has 6 nitrogen and oxygen atoms in total. The maximum Gasteiger partial charge on any atom is 0.212 e. The minimum atomic E-state index is -0.224. The standard InChI is InChI=1S/C33H36N4O2/c1-4-22(21-38-15-13-34)5-6-25(19-35)23-7-10-27-28-11-8-24(18-30(28)33(2,3)29(27)17-23)26-9-12-31(37-20-26)32-36-14-16-39-32/h5-20,22,32,36H,4,21,34-35H2,1-3H3/b6-5-,15-13-,25-19+. The first-order valence-electron chi connectivity index (χ1n) is 13.4. The van der Waals surface area contributed by atoms with E-state index in [1.165, 1.54) is 34.7 Å². The molecule has 0 radical (unpaired) electrons. The number of nitrogens with zero attached hydrogens (tertiary/aromatic N) is 1. The van der Waals surface area contributed by atoms with Crippen LogP contribution in [0.15, 0.2) is 98.0 Å². The van der Waals surface area contributed by atoms with Crippen molar-refractivity contribution in [1.29, 1.82) is 0 Å². The Morgan fingerprint density at radius 3 is 2.51 bits per heavy atom. The second-order valence-electron chi connectivity index (χ2n) is 10.4. The summed E-state index contributed by atoms with van der Waals surface area (Å²) in [6.07, 6.45) is 14.9. The Bertz CT molecular complexity index is 1440. The van der Waals surface area contributed by atoms with Crippen molar-refractivity contribution in [2.24, 2.45) is 17.4 Å². The highest BCUT2D eigenvalue weighted by atomic mass is 16.5. The summed E-state index contributed by atoms with van der Waals surface area (Å²) in [6.45, 7) is 7.30. The Kier molecular flexibility index (Phi) is 7.46. The van der Waals surface area contributed by atoms with Crippen molar-refractivity contribution in [2.45, 2.75) is 38.8 Å². The number of rotatable bonds is 9. The van der Waals surface area contributed by atoms with Crippen LogP contribution in [-0.2, 0) is 14.9 Å². The van der Waals surface area contributed by atoms with Crippen molar-refractivity contribution in [1.82, 2.24) is 10.3 Å². The van der Waals surface area contributed by atoms with Gasteiger partial charge in [0.05, 0.1) is 12.9 Å². The maximum atomic E-state index is 6.09. The highest BCUT2D eigenvalue weighted by Crippen LogP contribution is 2.50. The van der Waals surface area contributed by atoms with Gasteiger partial charge in [-0.1, -0.05) is 63.3 Å². The molecule has 3 aromatic rings. The number of benzene rings is 2. The summed E-state index contributed by atoms with van der Waals surface area (Å²) in [7, 11) is 0. The Balaban J connectivity index is 1.40. The van der Waals surface area contributed by atoms with Crippen LogP contribution < -0.4 is 16.8 Å². The van der Waals surface area contributed by atoms with Gasteiger partial charge in [0.2, 0.25) is 6.23 Å². The number of hydrogen-bond acceptors (Lipinski definition) is 6. The molecule has 1 aromatic heterocycles. The highest BCUT2D eigenvalue weighted by molar-refractivity contribution is 5.86. The molecule has 2 heterocycles. The number of hydrogen-bond donors (Lipinski definition) is 3. The molecular weight excluding hydrogens is 484 g/mol. The van der Waals surface area contributed by atoms with Gasteiger partial charge in [0, 0.05) is 41.7 Å². The molecule has 5 rings (SSSR count). The van der Waals surface area contributed by atoms with Crippen molar-refractivity contribution in [2.75, 3.05) is 6.61 Å². The third-order valence-electron chi connectivity index (χ3n) is 7.66. The van der Waals surface area contributed by atoms with Crippen LogP contribution >= 0.6 is 0 Å². The molecule has 5 N–H and O–H groups in total. The zero-order chi connectivity index (χ0) is 27.4. The Labute approximate surface area is 230 Å². The van der Waals surface area contributed by atoms with Crippen LogP contribution in [-0.4, -0.2) is 11.6 Å². The normalized spacial score (nSPS) is 18.1. The summed E-state index contributed by atoms with van der Waals surface area (Å²) in [5, 5.41) is 3.14. The smallest absolute Gasteiger partial charge is 0.212 e. The van der Waals surface area contributed by atoms with E-state index in [0.717, 1.165) is 34.4 Å². The number of fused-ring (bicyclic) bond motifs is 3. The molecule has 0 spiro atoms. The van der Waals surface area contributed by atoms with E-state index in [2.05, 4.69) is 85.7 Å². The molecule has 6 heteroatoms. The van der Waals surface area contributed by atoms with E-state index in [-0.39, 0.29) is 17.6 Å². The number of aromatic nitrogens is 1. The predicted molar refractivity (Wildman–Crippen MR) is 158 cm³/mol. The summed E-state index contributed by atoms with van der Waals surface area (Å²) in [4.78, 5) is 4.63. The van der Waals surface area contributed by atoms with Gasteiger partial charge >= 0.3 is 0 Å². The van der Waals surface area contributed by atoms with Gasteiger partial charge in [-0.3, -0.25) is 4.98 Å². The van der Waals surface area contributed by atoms with Gasteiger partial charge in [-0.25, -0.2) is 0 Å². The molecule has 39 heavy (non-hydrogen) atoms. The molecule has 2 aromatic carbocycles. The first-order valence-corrected chi connectivity index (χ1v) is 13.4. The van der Waals surface area contributed by atoms with Gasteiger partial charge < -0.3 is 26.3 Å². The van der Waals surface area contributed by atoms with E-state index in [1.54, 1.807) is 18.7 Å². The summed E-state index contributed by atoms with van der Waals surface area (Å²) < 4.78 is 11.0. The van der Waals surface area contributed by atoms with Crippen molar-refractivity contribution in [3.63, 3.8) is 0 Å². The Morgan fingerprint density at radius 1 is 1.08 bits per heavy atom. The quantitative estimate of drug-likeness (QED) is 0.221. The molecule has 2 atom stereocenters. The zero-order valence-corrected chi connectivity index (χ0v) is 22.7. The van der Waals surface area contributed by atoms with E-state index in [9.17, 15) is 0 Å². The van der Waals surface area contributed by atoms with Crippen LogP contribution in [0.4, 0.5) is 0 Å². The first kappa shape index (κ1) is 26.2. The Hall–Kier alpha value is -4.45. The van der Waals surface area contributed by atoms with E-state index < -0.39 is 0 Å². The summed E-state index contributed by atoms with van der Waals surface area (Å²) in [5.74, 6) is 0.270. The van der Waals surface area contributed by atoms with Crippen molar-refractivity contribution in [3.8, 4) is 22.3 Å². The SMILES string of the molecule is CCC(/C=C\C(=C/N)c1ccc2c(c1)C(C)(C)c1cc(-c3ccc(C4NC=CO4)nc3)ccc1-2)CO/C=C\N. The highest BCUT2D eigenvalue weighted by Gasteiger charge is 2.36. The number of nitrogens with two attached hydrogens (primary N) is 2. The average Bonchev–Trinajstić information content (AvgIpc) is 3.58. The molecule has 0 saturated carbocycles. The molecule has 2 aliphatic rings. The lowest BCUT2D eigenvalue weighted by Crippen LogP contribution is -2.15. The minimum Gasteiger partial charge on any atom is -0.499 e. The van der Waals surface area contributed by atoms with Gasteiger partial charge in [0.1, 0.15) is 12.0 Å². The first-order chi connectivity index (χ1) is 19.0. The molecule has 1 aliphatic heterocycles. The summed E-state index contributed by atoms with van der Waals surface area (Å²) in [5.41, 5.74) is 21.6. The second kappa shape index (κ2) is 11.1. The van der Waals surface area contributed by atoms with Crippen LogP contribution in [0.5, 0.6) is 0 Å². The predicted octanol–water partition coefficient (Wildman–Crippen LogP) is 6.47. The third kappa shape index (κ3) is 5.15. The molecule has 2 unspecified atom stereocenters. The van der Waals surface area contributed by atoms with Gasteiger partial charge in [-0.2, -0.15) is 0 Å². The topological polar surface area (TPSA) is 95.4 Å². The molecular formula is C33H36N4O2. The maximum absolute atomic E-state index is 6.09. The fourth-order valence-corrected chi connectivity index (χ4v) is 5.30. The van der Waals surface area contributed by atoms with Crippen molar-refractivity contribution < 1.29 is 9.47 Å². The number of nitrogens with one attached hydrogen (secondary N) is 1. The van der Waals surface area contributed by atoms with E-state index in [1.807, 2.05) is 12.3 Å². The fourth-order valence-electron chi connectivity index (χ4n) is 5.30. The van der Waals surface area contributed by atoms with Gasteiger partial charge in [0.25, 0.3) is 0 Å². The monoisotopic (exact) mass is 520 g/mol.